The quantitative estimate of drug-likeness (QED) is 0.714. The summed E-state index contributed by atoms with van der Waals surface area (Å²) in [6.07, 6.45) is 0. The zero-order valence-electron chi connectivity index (χ0n) is 14.8. The highest BCUT2D eigenvalue weighted by molar-refractivity contribution is 6.40. The molecule has 0 saturated heterocycles. The van der Waals surface area contributed by atoms with Crippen molar-refractivity contribution in [1.82, 2.24) is 0 Å². The van der Waals surface area contributed by atoms with E-state index >= 15 is 0 Å². The lowest BCUT2D eigenvalue weighted by molar-refractivity contribution is 0.0600. The number of phenolic OH excluding ortho intramolecular Hbond substituents is 1. The number of ether oxygens (including phenoxy) is 1. The monoisotopic (exact) mass is 395 g/mol. The summed E-state index contributed by atoms with van der Waals surface area (Å²) < 4.78 is 4.62. The first-order valence-electron chi connectivity index (χ1n) is 7.76. The van der Waals surface area contributed by atoms with Crippen molar-refractivity contribution in [1.29, 1.82) is 0 Å². The Morgan fingerprint density at radius 3 is 2.15 bits per heavy atom. The molecule has 0 fully saturated rings. The van der Waals surface area contributed by atoms with Gasteiger partial charge in [-0.05, 0) is 35.2 Å². The number of carbonyl (C=O) groups is 2. The van der Waals surface area contributed by atoms with E-state index in [9.17, 15) is 14.7 Å². The van der Waals surface area contributed by atoms with Crippen LogP contribution in [0.25, 0.3) is 0 Å². The minimum Gasteiger partial charge on any atom is -0.507 e. The highest BCUT2D eigenvalue weighted by atomic mass is 35.5. The van der Waals surface area contributed by atoms with E-state index in [-0.39, 0.29) is 38.0 Å². The fourth-order valence-electron chi connectivity index (χ4n) is 2.29. The molecule has 0 aromatic heterocycles. The van der Waals surface area contributed by atoms with E-state index in [0.717, 1.165) is 5.56 Å². The van der Waals surface area contributed by atoms with Crippen molar-refractivity contribution in [3.8, 4) is 5.75 Å². The molecule has 138 valence electrons. The Labute approximate surface area is 161 Å². The van der Waals surface area contributed by atoms with E-state index in [1.54, 1.807) is 12.1 Å². The number of benzene rings is 2. The number of anilines is 1. The smallest absolute Gasteiger partial charge is 0.337 e. The largest absolute Gasteiger partial charge is 0.507 e. The predicted octanol–water partition coefficient (Wildman–Crippen LogP) is 5.04. The van der Waals surface area contributed by atoms with Gasteiger partial charge in [0, 0.05) is 0 Å². The Balaban J connectivity index is 2.38. The fraction of sp³-hybridized carbons (Fsp3) is 0.263. The van der Waals surface area contributed by atoms with Crippen LogP contribution in [0.1, 0.15) is 47.1 Å². The van der Waals surface area contributed by atoms with Crippen LogP contribution in [0.3, 0.4) is 0 Å². The third kappa shape index (κ3) is 4.29. The number of phenols is 1. The molecule has 0 bridgehead atoms. The van der Waals surface area contributed by atoms with Crippen molar-refractivity contribution in [2.45, 2.75) is 26.2 Å². The molecule has 2 aromatic carbocycles. The van der Waals surface area contributed by atoms with Gasteiger partial charge in [0.05, 0.1) is 34.0 Å². The molecule has 0 aliphatic heterocycles. The first-order chi connectivity index (χ1) is 12.0. The lowest BCUT2D eigenvalue weighted by atomic mass is 9.86. The lowest BCUT2D eigenvalue weighted by Crippen LogP contribution is -2.16. The lowest BCUT2D eigenvalue weighted by Gasteiger charge is -2.20. The van der Waals surface area contributed by atoms with Gasteiger partial charge in [-0.1, -0.05) is 50.0 Å². The number of methoxy groups -OCH3 is 1. The zero-order valence-corrected chi connectivity index (χ0v) is 16.3. The van der Waals surface area contributed by atoms with Gasteiger partial charge in [-0.25, -0.2) is 4.79 Å². The van der Waals surface area contributed by atoms with Crippen molar-refractivity contribution in [2.75, 3.05) is 12.4 Å². The number of halogens is 2. The van der Waals surface area contributed by atoms with Crippen LogP contribution in [0.5, 0.6) is 5.75 Å². The van der Waals surface area contributed by atoms with Crippen molar-refractivity contribution in [2.24, 2.45) is 0 Å². The summed E-state index contributed by atoms with van der Waals surface area (Å²) in [5.41, 5.74) is 1.10. The molecule has 0 saturated carbocycles. The minimum atomic E-state index is -0.595. The first-order valence-corrected chi connectivity index (χ1v) is 8.52. The molecule has 26 heavy (non-hydrogen) atoms. The fourth-order valence-corrected chi connectivity index (χ4v) is 2.88. The van der Waals surface area contributed by atoms with Crippen LogP contribution in [0.4, 0.5) is 5.69 Å². The summed E-state index contributed by atoms with van der Waals surface area (Å²) >= 11 is 12.3. The number of esters is 1. The molecule has 2 aromatic rings. The van der Waals surface area contributed by atoms with E-state index in [1.165, 1.54) is 25.3 Å². The molecule has 0 atom stereocenters. The van der Waals surface area contributed by atoms with E-state index < -0.39 is 11.9 Å². The van der Waals surface area contributed by atoms with E-state index in [1.807, 2.05) is 20.8 Å². The molecule has 0 radical (unpaired) electrons. The number of aromatic hydroxyl groups is 1. The van der Waals surface area contributed by atoms with Crippen LogP contribution < -0.4 is 5.32 Å². The second kappa shape index (κ2) is 7.56. The molecular weight excluding hydrogens is 377 g/mol. The summed E-state index contributed by atoms with van der Waals surface area (Å²) in [5.74, 6) is -1.32. The minimum absolute atomic E-state index is 0.0812. The Morgan fingerprint density at radius 1 is 1.08 bits per heavy atom. The topological polar surface area (TPSA) is 75.6 Å². The van der Waals surface area contributed by atoms with Gasteiger partial charge in [-0.15, -0.1) is 0 Å². The number of hydrogen-bond donors (Lipinski definition) is 2. The standard InChI is InChI=1S/C19H19Cl2NO4/c1-19(2,3)11-5-6-15(23)12(9-11)17(24)22-16-13(20)7-10(8-14(16)21)18(25)26-4/h5-9,23H,1-4H3,(H,22,24). The predicted molar refractivity (Wildman–Crippen MR) is 103 cm³/mol. The number of nitrogens with one attached hydrogen (secondary N) is 1. The molecule has 2 rings (SSSR count). The number of carbonyl (C=O) groups excluding carboxylic acids is 2. The van der Waals surface area contributed by atoms with Gasteiger partial charge in [0.2, 0.25) is 0 Å². The Hall–Kier alpha value is -2.24. The van der Waals surface area contributed by atoms with Crippen molar-refractivity contribution in [3.63, 3.8) is 0 Å². The van der Waals surface area contributed by atoms with Gasteiger partial charge in [0.15, 0.2) is 0 Å². The third-order valence-corrected chi connectivity index (χ3v) is 4.41. The molecule has 1 amide bonds. The van der Waals surface area contributed by atoms with Crippen LogP contribution in [-0.2, 0) is 10.2 Å². The average molecular weight is 396 g/mol. The number of amides is 1. The molecule has 0 heterocycles. The highest BCUT2D eigenvalue weighted by Crippen LogP contribution is 2.34. The molecular formula is C19H19Cl2NO4. The highest BCUT2D eigenvalue weighted by Gasteiger charge is 2.21. The van der Waals surface area contributed by atoms with Gasteiger partial charge in [0.25, 0.3) is 5.91 Å². The normalized spacial score (nSPS) is 11.2. The average Bonchev–Trinajstić information content (AvgIpc) is 2.56. The third-order valence-electron chi connectivity index (χ3n) is 3.81. The van der Waals surface area contributed by atoms with Gasteiger partial charge in [0.1, 0.15) is 5.75 Å². The maximum Gasteiger partial charge on any atom is 0.337 e. The van der Waals surface area contributed by atoms with Gasteiger partial charge in [-0.3, -0.25) is 4.79 Å². The molecule has 2 N–H and O–H groups in total. The maximum absolute atomic E-state index is 12.6. The van der Waals surface area contributed by atoms with E-state index in [2.05, 4.69) is 10.1 Å². The van der Waals surface area contributed by atoms with Gasteiger partial charge in [-0.2, -0.15) is 0 Å². The van der Waals surface area contributed by atoms with Gasteiger partial charge >= 0.3 is 5.97 Å². The Kier molecular flexibility index (Phi) is 5.84. The summed E-state index contributed by atoms with van der Waals surface area (Å²) in [5, 5.41) is 12.8. The summed E-state index contributed by atoms with van der Waals surface area (Å²) in [4.78, 5) is 24.2. The second-order valence-corrected chi connectivity index (χ2v) is 7.56. The zero-order chi connectivity index (χ0) is 19.6. The molecule has 0 aliphatic rings. The molecule has 7 heteroatoms. The summed E-state index contributed by atoms with van der Waals surface area (Å²) in [6, 6.07) is 7.55. The number of hydrogen-bond acceptors (Lipinski definition) is 4. The first kappa shape index (κ1) is 20.1. The summed E-state index contributed by atoms with van der Waals surface area (Å²) in [7, 11) is 1.24. The molecule has 5 nitrogen and oxygen atoms in total. The van der Waals surface area contributed by atoms with Crippen molar-refractivity contribution in [3.05, 3.63) is 57.1 Å². The van der Waals surface area contributed by atoms with Gasteiger partial charge < -0.3 is 15.2 Å². The summed E-state index contributed by atoms with van der Waals surface area (Å²) in [6.45, 7) is 6.00. The van der Waals surface area contributed by atoms with Crippen molar-refractivity contribution >= 4 is 40.8 Å². The Bertz CT molecular complexity index is 849. The maximum atomic E-state index is 12.6. The molecule has 0 spiro atoms. The van der Waals surface area contributed by atoms with Crippen LogP contribution in [0, 0.1) is 0 Å². The van der Waals surface area contributed by atoms with Crippen LogP contribution in [0.2, 0.25) is 10.0 Å². The van der Waals surface area contributed by atoms with Crippen LogP contribution in [0.15, 0.2) is 30.3 Å². The van der Waals surface area contributed by atoms with Crippen LogP contribution in [-0.4, -0.2) is 24.1 Å². The van der Waals surface area contributed by atoms with Crippen LogP contribution >= 0.6 is 23.2 Å². The second-order valence-electron chi connectivity index (χ2n) is 6.74. The van der Waals surface area contributed by atoms with E-state index in [4.69, 9.17) is 23.2 Å². The Morgan fingerprint density at radius 2 is 1.65 bits per heavy atom. The SMILES string of the molecule is COC(=O)c1cc(Cl)c(NC(=O)c2cc(C(C)(C)C)ccc2O)c(Cl)c1. The van der Waals surface area contributed by atoms with E-state index in [0.29, 0.717) is 0 Å². The number of rotatable bonds is 3. The molecule has 0 aliphatic carbocycles. The molecule has 0 unspecified atom stereocenters. The van der Waals surface area contributed by atoms with Crippen molar-refractivity contribution < 1.29 is 19.4 Å².